The van der Waals surface area contributed by atoms with Gasteiger partial charge in [-0.05, 0) is 33.5 Å². The molecule has 0 radical (unpaired) electrons. The van der Waals surface area contributed by atoms with Gasteiger partial charge in [0, 0.05) is 6.54 Å². The summed E-state index contributed by atoms with van der Waals surface area (Å²) in [7, 11) is 3.95. The lowest BCUT2D eigenvalue weighted by atomic mass is 10.1. The fourth-order valence-electron chi connectivity index (χ4n) is 1.30. The van der Waals surface area contributed by atoms with Crippen LogP contribution >= 0.6 is 12.2 Å². The molecule has 0 aliphatic rings. The topological polar surface area (TPSA) is 64.3 Å². The Kier molecular flexibility index (Phi) is 4.77. The van der Waals surface area contributed by atoms with Crippen molar-refractivity contribution < 1.29 is 4.74 Å². The zero-order chi connectivity index (χ0) is 13.0. The van der Waals surface area contributed by atoms with Crippen LogP contribution in [0.5, 0.6) is 5.88 Å². The Morgan fingerprint density at radius 2 is 2.00 bits per heavy atom. The summed E-state index contributed by atoms with van der Waals surface area (Å²) in [5.74, 6) is 0.419. The predicted octanol–water partition coefficient (Wildman–Crippen LogP) is 0.668. The van der Waals surface area contributed by atoms with Gasteiger partial charge in [0.2, 0.25) is 5.88 Å². The molecule has 0 amide bonds. The highest BCUT2D eigenvalue weighted by Crippen LogP contribution is 2.20. The highest BCUT2D eigenvalue weighted by Gasteiger charge is 2.14. The van der Waals surface area contributed by atoms with Crippen LogP contribution < -0.4 is 10.5 Å². The Balaban J connectivity index is 2.91. The number of thiocarbonyl (C=S) groups is 1. The van der Waals surface area contributed by atoms with Gasteiger partial charge < -0.3 is 15.4 Å². The lowest BCUT2D eigenvalue weighted by Gasteiger charge is -2.14. The molecule has 0 aromatic carbocycles. The summed E-state index contributed by atoms with van der Waals surface area (Å²) < 4.78 is 5.56. The van der Waals surface area contributed by atoms with E-state index >= 15 is 0 Å². The van der Waals surface area contributed by atoms with Crippen LogP contribution in [0.25, 0.3) is 0 Å². The molecule has 0 bridgehead atoms. The first-order valence-corrected chi connectivity index (χ1v) is 5.75. The van der Waals surface area contributed by atoms with Crippen molar-refractivity contribution in [3.8, 4) is 5.88 Å². The monoisotopic (exact) mass is 254 g/mol. The number of nitrogens with two attached hydrogens (primary N) is 1. The number of hydrogen-bond donors (Lipinski definition) is 1. The number of aromatic nitrogens is 2. The molecule has 1 aromatic rings. The van der Waals surface area contributed by atoms with Crippen molar-refractivity contribution in [2.75, 3.05) is 27.2 Å². The van der Waals surface area contributed by atoms with Crippen LogP contribution in [0.3, 0.4) is 0 Å². The zero-order valence-corrected chi connectivity index (χ0v) is 11.5. The lowest BCUT2D eigenvalue weighted by Crippen LogP contribution is -2.22. The molecule has 0 unspecified atom stereocenters. The van der Waals surface area contributed by atoms with Gasteiger partial charge in [-0.1, -0.05) is 12.2 Å². The molecule has 2 N–H and O–H groups in total. The van der Waals surface area contributed by atoms with Crippen LogP contribution in [0, 0.1) is 13.8 Å². The normalized spacial score (nSPS) is 10.6. The average Bonchev–Trinajstić information content (AvgIpc) is 2.22. The van der Waals surface area contributed by atoms with Crippen LogP contribution in [-0.4, -0.2) is 47.3 Å². The molecule has 94 valence electrons. The van der Waals surface area contributed by atoms with Gasteiger partial charge >= 0.3 is 0 Å². The molecule has 0 fully saturated rings. The second-order valence-electron chi connectivity index (χ2n) is 4.11. The molecule has 1 heterocycles. The summed E-state index contributed by atoms with van der Waals surface area (Å²) in [5, 5.41) is 8.01. The van der Waals surface area contributed by atoms with Crippen LogP contribution in [0.2, 0.25) is 0 Å². The summed E-state index contributed by atoms with van der Waals surface area (Å²) >= 11 is 5.02. The van der Waals surface area contributed by atoms with E-state index in [9.17, 15) is 0 Å². The number of aryl methyl sites for hydroxylation is 1. The standard InChI is InChI=1S/C11H18N4OS/c1-7-8(2)13-14-11(9(7)10(12)17)16-6-5-15(3)4/h5-6H2,1-4H3,(H2,12,17). The fraction of sp³-hybridized carbons (Fsp3) is 0.545. The van der Waals surface area contributed by atoms with Crippen molar-refractivity contribution in [2.45, 2.75) is 13.8 Å². The van der Waals surface area contributed by atoms with Crippen molar-refractivity contribution in [3.05, 3.63) is 16.8 Å². The molecule has 0 spiro atoms. The maximum absolute atomic E-state index is 5.69. The predicted molar refractivity (Wildman–Crippen MR) is 71.4 cm³/mol. The Bertz CT molecular complexity index is 420. The largest absolute Gasteiger partial charge is 0.475 e. The highest BCUT2D eigenvalue weighted by atomic mass is 32.1. The van der Waals surface area contributed by atoms with Gasteiger partial charge in [0.05, 0.1) is 11.3 Å². The first kappa shape index (κ1) is 13.8. The van der Waals surface area contributed by atoms with Crippen LogP contribution in [0.1, 0.15) is 16.8 Å². The molecule has 0 aliphatic carbocycles. The van der Waals surface area contributed by atoms with Gasteiger partial charge in [-0.2, -0.15) is 5.10 Å². The minimum atomic E-state index is 0.292. The van der Waals surface area contributed by atoms with E-state index in [-0.39, 0.29) is 0 Å². The van der Waals surface area contributed by atoms with Gasteiger partial charge in [-0.3, -0.25) is 0 Å². The van der Waals surface area contributed by atoms with E-state index < -0.39 is 0 Å². The molecule has 0 saturated carbocycles. The molecule has 0 atom stereocenters. The molecule has 1 rings (SSSR count). The van der Waals surface area contributed by atoms with Gasteiger partial charge in [-0.15, -0.1) is 5.10 Å². The quantitative estimate of drug-likeness (QED) is 0.779. The van der Waals surface area contributed by atoms with Crippen molar-refractivity contribution in [3.63, 3.8) is 0 Å². The van der Waals surface area contributed by atoms with E-state index in [2.05, 4.69) is 10.2 Å². The Hall–Kier alpha value is -1.27. The second kappa shape index (κ2) is 5.88. The Labute approximate surface area is 107 Å². The highest BCUT2D eigenvalue weighted by molar-refractivity contribution is 7.80. The van der Waals surface area contributed by atoms with Crippen molar-refractivity contribution >= 4 is 17.2 Å². The molecular weight excluding hydrogens is 236 g/mol. The van der Waals surface area contributed by atoms with Gasteiger partial charge in [0.15, 0.2) is 0 Å². The van der Waals surface area contributed by atoms with E-state index in [1.54, 1.807) is 0 Å². The first-order valence-electron chi connectivity index (χ1n) is 5.34. The third-order valence-corrected chi connectivity index (χ3v) is 2.65. The molecule has 1 aromatic heterocycles. The van der Waals surface area contributed by atoms with Crippen molar-refractivity contribution in [1.29, 1.82) is 0 Å². The zero-order valence-electron chi connectivity index (χ0n) is 10.6. The van der Waals surface area contributed by atoms with E-state index in [1.165, 1.54) is 0 Å². The van der Waals surface area contributed by atoms with E-state index in [4.69, 9.17) is 22.7 Å². The first-order chi connectivity index (χ1) is 7.93. The number of hydrogen-bond acceptors (Lipinski definition) is 5. The molecule has 17 heavy (non-hydrogen) atoms. The van der Waals surface area contributed by atoms with Gasteiger partial charge in [0.1, 0.15) is 11.6 Å². The van der Waals surface area contributed by atoms with Crippen LogP contribution in [-0.2, 0) is 0 Å². The maximum atomic E-state index is 5.69. The summed E-state index contributed by atoms with van der Waals surface area (Å²) in [6, 6.07) is 0. The minimum Gasteiger partial charge on any atom is -0.475 e. The molecule has 5 nitrogen and oxygen atoms in total. The summed E-state index contributed by atoms with van der Waals surface area (Å²) in [6.07, 6.45) is 0. The molecule has 0 aliphatic heterocycles. The maximum Gasteiger partial charge on any atom is 0.244 e. The number of likely N-dealkylation sites (N-methyl/N-ethyl adjacent to an activating group) is 1. The Morgan fingerprint density at radius 1 is 1.35 bits per heavy atom. The average molecular weight is 254 g/mol. The number of nitrogens with zero attached hydrogens (tertiary/aromatic N) is 3. The van der Waals surface area contributed by atoms with E-state index in [0.29, 0.717) is 23.0 Å². The smallest absolute Gasteiger partial charge is 0.244 e. The molecule has 0 saturated heterocycles. The molecular formula is C11H18N4OS. The number of rotatable bonds is 5. The summed E-state index contributed by atoms with van der Waals surface area (Å²) in [6.45, 7) is 5.11. The number of ether oxygens (including phenoxy) is 1. The van der Waals surface area contributed by atoms with Crippen LogP contribution in [0.4, 0.5) is 0 Å². The van der Waals surface area contributed by atoms with E-state index in [1.807, 2.05) is 32.8 Å². The SMILES string of the molecule is Cc1nnc(OCCN(C)C)c(C(N)=S)c1C. The van der Waals surface area contributed by atoms with Crippen molar-refractivity contribution in [1.82, 2.24) is 15.1 Å². The fourth-order valence-corrected chi connectivity index (χ4v) is 1.54. The Morgan fingerprint density at radius 3 is 2.53 bits per heavy atom. The van der Waals surface area contributed by atoms with Crippen LogP contribution in [0.15, 0.2) is 0 Å². The summed E-state index contributed by atoms with van der Waals surface area (Å²) in [5.41, 5.74) is 8.11. The minimum absolute atomic E-state index is 0.292. The van der Waals surface area contributed by atoms with E-state index in [0.717, 1.165) is 17.8 Å². The third-order valence-electron chi connectivity index (χ3n) is 2.45. The summed E-state index contributed by atoms with van der Waals surface area (Å²) in [4.78, 5) is 2.31. The third kappa shape index (κ3) is 3.61. The second-order valence-corrected chi connectivity index (χ2v) is 4.55. The van der Waals surface area contributed by atoms with Crippen molar-refractivity contribution in [2.24, 2.45) is 5.73 Å². The van der Waals surface area contributed by atoms with Gasteiger partial charge in [-0.25, -0.2) is 0 Å². The lowest BCUT2D eigenvalue weighted by molar-refractivity contribution is 0.251. The molecule has 6 heteroatoms. The van der Waals surface area contributed by atoms with Gasteiger partial charge in [0.25, 0.3) is 0 Å².